The molecule has 0 amide bonds. The number of rotatable bonds is 20. The first kappa shape index (κ1) is 29.7. The zero-order chi connectivity index (χ0) is 25.2. The van der Waals surface area contributed by atoms with Crippen LogP contribution in [0.15, 0.2) is 0 Å². The fraction of sp³-hybridized carbons (Fsp3) is 0.741. The van der Waals surface area contributed by atoms with Crippen molar-refractivity contribution < 1.29 is 34.0 Å². The summed E-state index contributed by atoms with van der Waals surface area (Å²) in [7, 11) is 0. The highest BCUT2D eigenvalue weighted by Crippen LogP contribution is 2.53. The molecule has 7 heteroatoms. The number of carboxylic acid groups (broad SMARTS) is 1. The van der Waals surface area contributed by atoms with Crippen LogP contribution in [0.5, 0.6) is 28.7 Å². The lowest BCUT2D eigenvalue weighted by molar-refractivity contribution is 0.141. The van der Waals surface area contributed by atoms with Gasteiger partial charge in [0.1, 0.15) is 0 Å². The molecule has 2 N–H and O–H groups in total. The minimum atomic E-state index is -1.50. The summed E-state index contributed by atoms with van der Waals surface area (Å²) < 4.78 is 23.3. The van der Waals surface area contributed by atoms with Crippen LogP contribution in [-0.2, 0) is 6.42 Å². The number of unbranched alkanes of at least 4 members (excludes halogenated alkanes) is 9. The van der Waals surface area contributed by atoms with Gasteiger partial charge in [0.05, 0.1) is 19.8 Å². The Balaban J connectivity index is 3.32. The molecule has 0 radical (unpaired) electrons. The summed E-state index contributed by atoms with van der Waals surface area (Å²) in [6, 6.07) is 0. The third-order valence-electron chi connectivity index (χ3n) is 5.67. The van der Waals surface area contributed by atoms with Crippen LogP contribution in [0.4, 0.5) is 4.79 Å². The van der Waals surface area contributed by atoms with Crippen molar-refractivity contribution >= 4 is 6.16 Å². The van der Waals surface area contributed by atoms with Crippen LogP contribution in [0.2, 0.25) is 0 Å². The summed E-state index contributed by atoms with van der Waals surface area (Å²) in [5.74, 6) is 0.364. The molecule has 0 saturated heterocycles. The highest BCUT2D eigenvalue weighted by atomic mass is 16.7. The zero-order valence-electron chi connectivity index (χ0n) is 21.7. The maximum absolute atomic E-state index is 11.4. The summed E-state index contributed by atoms with van der Waals surface area (Å²) in [5.41, 5.74) is 0.470. The predicted molar refractivity (Wildman–Crippen MR) is 135 cm³/mol. The van der Waals surface area contributed by atoms with Gasteiger partial charge in [-0.15, -0.1) is 0 Å². The van der Waals surface area contributed by atoms with Gasteiger partial charge in [-0.1, -0.05) is 85.5 Å². The largest absolute Gasteiger partial charge is 0.511 e. The lowest BCUT2D eigenvalue weighted by Gasteiger charge is -2.23. The molecular weight excluding hydrogens is 436 g/mol. The number of phenols is 1. The molecule has 0 atom stereocenters. The van der Waals surface area contributed by atoms with E-state index in [9.17, 15) is 15.0 Å². The molecule has 0 unspecified atom stereocenters. The average Bonchev–Trinajstić information content (AvgIpc) is 2.81. The van der Waals surface area contributed by atoms with Gasteiger partial charge in [0.25, 0.3) is 0 Å². The summed E-state index contributed by atoms with van der Waals surface area (Å²) in [6.45, 7) is 9.62. The number of ether oxygens (including phenoxy) is 4. The number of phenolic OH excluding ortho intramolecular Hbond substituents is 1. The summed E-state index contributed by atoms with van der Waals surface area (Å²) in [4.78, 5) is 11.4. The van der Waals surface area contributed by atoms with E-state index in [0.717, 1.165) is 77.0 Å². The van der Waals surface area contributed by atoms with Crippen molar-refractivity contribution in [1.29, 1.82) is 0 Å². The van der Waals surface area contributed by atoms with Gasteiger partial charge in [0.15, 0.2) is 11.5 Å². The van der Waals surface area contributed by atoms with E-state index in [1.54, 1.807) is 0 Å². The van der Waals surface area contributed by atoms with E-state index in [1.165, 1.54) is 0 Å². The Morgan fingerprint density at radius 3 is 1.47 bits per heavy atom. The Morgan fingerprint density at radius 1 is 0.618 bits per heavy atom. The Morgan fingerprint density at radius 2 is 1.06 bits per heavy atom. The highest BCUT2D eigenvalue weighted by Gasteiger charge is 2.29. The molecule has 196 valence electrons. The molecule has 34 heavy (non-hydrogen) atoms. The van der Waals surface area contributed by atoms with Gasteiger partial charge in [-0.05, 0) is 25.7 Å². The number of aromatic hydroxyl groups is 1. The second-order valence-corrected chi connectivity index (χ2v) is 8.59. The van der Waals surface area contributed by atoms with E-state index in [-0.39, 0.29) is 17.2 Å². The van der Waals surface area contributed by atoms with Crippen LogP contribution in [-0.4, -0.2) is 36.2 Å². The van der Waals surface area contributed by atoms with Crippen LogP contribution in [0.25, 0.3) is 0 Å². The van der Waals surface area contributed by atoms with Crippen molar-refractivity contribution in [2.75, 3.05) is 19.8 Å². The van der Waals surface area contributed by atoms with Crippen molar-refractivity contribution in [2.45, 2.75) is 111 Å². The molecule has 0 heterocycles. The quantitative estimate of drug-likeness (QED) is 0.111. The number of hydrogen-bond acceptors (Lipinski definition) is 6. The molecule has 1 rings (SSSR count). The molecule has 0 fully saturated rings. The molecule has 1 aromatic rings. The molecule has 0 aliphatic rings. The first-order valence-corrected chi connectivity index (χ1v) is 13.2. The van der Waals surface area contributed by atoms with Gasteiger partial charge in [-0.25, -0.2) is 4.79 Å². The Labute approximate surface area is 205 Å². The van der Waals surface area contributed by atoms with E-state index in [2.05, 4.69) is 20.8 Å². The molecule has 0 aliphatic heterocycles. The predicted octanol–water partition coefficient (Wildman–Crippen LogP) is 7.89. The minimum absolute atomic E-state index is 0.101. The van der Waals surface area contributed by atoms with Crippen molar-refractivity contribution in [3.8, 4) is 28.7 Å². The normalized spacial score (nSPS) is 10.8. The van der Waals surface area contributed by atoms with E-state index in [1.807, 2.05) is 6.92 Å². The molecule has 0 spiro atoms. The standard InChI is InChI=1S/C27H46O7/c1-5-9-12-15-18-31-24-21(8-4)23(34-27(29)30)22(28)25(32-19-16-13-10-6-2)26(24)33-20-17-14-11-7-3/h28H,5-20H2,1-4H3,(H,29,30). The van der Waals surface area contributed by atoms with E-state index in [0.29, 0.717) is 43.3 Å². The second kappa shape index (κ2) is 18.1. The Bertz CT molecular complexity index is 703. The molecule has 1 aromatic carbocycles. The Hall–Kier alpha value is -2.31. The summed E-state index contributed by atoms with van der Waals surface area (Å²) in [6.07, 6.45) is 11.3. The lowest BCUT2D eigenvalue weighted by Crippen LogP contribution is -2.12. The first-order valence-electron chi connectivity index (χ1n) is 13.2. The number of hydrogen-bond donors (Lipinski definition) is 2. The monoisotopic (exact) mass is 482 g/mol. The van der Waals surface area contributed by atoms with Gasteiger partial charge < -0.3 is 29.2 Å². The zero-order valence-corrected chi connectivity index (χ0v) is 21.7. The maximum Gasteiger partial charge on any atom is 0.511 e. The van der Waals surface area contributed by atoms with Crippen molar-refractivity contribution in [1.82, 2.24) is 0 Å². The van der Waals surface area contributed by atoms with Crippen LogP contribution in [0, 0.1) is 0 Å². The topological polar surface area (TPSA) is 94.5 Å². The summed E-state index contributed by atoms with van der Waals surface area (Å²) >= 11 is 0. The first-order chi connectivity index (χ1) is 16.5. The molecule has 0 bridgehead atoms. The van der Waals surface area contributed by atoms with Crippen molar-refractivity contribution in [3.63, 3.8) is 0 Å². The van der Waals surface area contributed by atoms with Gasteiger partial charge >= 0.3 is 6.16 Å². The molecule has 0 aromatic heterocycles. The third kappa shape index (κ3) is 10.3. The minimum Gasteiger partial charge on any atom is -0.502 e. The Kier molecular flexibility index (Phi) is 15.8. The SMILES string of the molecule is CCCCCCOc1c(O)c(OC(=O)O)c(CC)c(OCCCCCC)c1OCCCCCC. The summed E-state index contributed by atoms with van der Waals surface area (Å²) in [5, 5.41) is 20.3. The van der Waals surface area contributed by atoms with Crippen LogP contribution < -0.4 is 18.9 Å². The van der Waals surface area contributed by atoms with E-state index >= 15 is 0 Å². The van der Waals surface area contributed by atoms with Gasteiger partial charge in [-0.3, -0.25) is 0 Å². The molecule has 0 aliphatic carbocycles. The fourth-order valence-electron chi connectivity index (χ4n) is 3.74. The van der Waals surface area contributed by atoms with Crippen molar-refractivity contribution in [3.05, 3.63) is 5.56 Å². The van der Waals surface area contributed by atoms with Gasteiger partial charge in [0, 0.05) is 5.56 Å². The number of carbonyl (C=O) groups is 1. The third-order valence-corrected chi connectivity index (χ3v) is 5.67. The maximum atomic E-state index is 11.4. The van der Waals surface area contributed by atoms with Gasteiger partial charge in [0.2, 0.25) is 17.2 Å². The van der Waals surface area contributed by atoms with Crippen LogP contribution in [0.1, 0.15) is 110 Å². The van der Waals surface area contributed by atoms with Crippen LogP contribution in [0.3, 0.4) is 0 Å². The van der Waals surface area contributed by atoms with Crippen LogP contribution >= 0.6 is 0 Å². The lowest BCUT2D eigenvalue weighted by atomic mass is 10.1. The van der Waals surface area contributed by atoms with Gasteiger partial charge in [-0.2, -0.15) is 0 Å². The second-order valence-electron chi connectivity index (χ2n) is 8.59. The fourth-order valence-corrected chi connectivity index (χ4v) is 3.74. The highest BCUT2D eigenvalue weighted by molar-refractivity contribution is 5.73. The molecule has 0 saturated carbocycles. The molecule has 7 nitrogen and oxygen atoms in total. The van der Waals surface area contributed by atoms with E-state index < -0.39 is 6.16 Å². The number of benzene rings is 1. The average molecular weight is 483 g/mol. The van der Waals surface area contributed by atoms with E-state index in [4.69, 9.17) is 18.9 Å². The van der Waals surface area contributed by atoms with Crippen molar-refractivity contribution in [2.24, 2.45) is 0 Å². The smallest absolute Gasteiger partial charge is 0.502 e. The molecular formula is C27H46O7.